The van der Waals surface area contributed by atoms with E-state index in [4.69, 9.17) is 4.74 Å². The molecular weight excluding hydrogens is 346 g/mol. The fourth-order valence-electron chi connectivity index (χ4n) is 3.46. The van der Waals surface area contributed by atoms with Crippen LogP contribution in [0.3, 0.4) is 0 Å². The number of carbonyl (C=O) groups is 3. The van der Waals surface area contributed by atoms with E-state index in [2.05, 4.69) is 0 Å². The summed E-state index contributed by atoms with van der Waals surface area (Å²) in [6, 6.07) is 5.18. The van der Waals surface area contributed by atoms with E-state index in [1.807, 2.05) is 18.7 Å². The van der Waals surface area contributed by atoms with Crippen molar-refractivity contribution in [2.75, 3.05) is 38.1 Å². The van der Waals surface area contributed by atoms with E-state index in [9.17, 15) is 14.4 Å². The van der Waals surface area contributed by atoms with Crippen LogP contribution in [0.15, 0.2) is 18.2 Å². The third-order valence-electron chi connectivity index (χ3n) is 5.05. The highest BCUT2D eigenvalue weighted by atomic mass is 16.5. The Bertz CT molecular complexity index is 754. The quantitative estimate of drug-likeness (QED) is 0.810. The summed E-state index contributed by atoms with van der Waals surface area (Å²) in [7, 11) is 1.69. The number of carbonyl (C=O) groups excluding carboxylic acids is 3. The molecule has 0 radical (unpaired) electrons. The second-order valence-electron chi connectivity index (χ2n) is 7.61. The third-order valence-corrected chi connectivity index (χ3v) is 5.05. The second kappa shape index (κ2) is 7.58. The molecule has 1 fully saturated rings. The number of fused-ring (bicyclic) bond motifs is 1. The van der Waals surface area contributed by atoms with E-state index in [1.165, 1.54) is 4.90 Å². The van der Waals surface area contributed by atoms with Gasteiger partial charge in [-0.15, -0.1) is 0 Å². The topological polar surface area (TPSA) is 70.2 Å². The molecule has 0 bridgehead atoms. The molecule has 2 aliphatic heterocycles. The van der Waals surface area contributed by atoms with Gasteiger partial charge in [-0.2, -0.15) is 0 Å². The van der Waals surface area contributed by atoms with Gasteiger partial charge in [0.25, 0.3) is 11.8 Å². The molecule has 0 spiro atoms. The SMILES string of the molecule is CC(C)CC(=O)N1CCN(C(=O)c2ccc3c(c2)N(C)C(=O)C(C)O3)CC1. The summed E-state index contributed by atoms with van der Waals surface area (Å²) < 4.78 is 5.61. The lowest BCUT2D eigenvalue weighted by Crippen LogP contribution is -2.50. The number of hydrogen-bond acceptors (Lipinski definition) is 4. The standard InChI is InChI=1S/C20H27N3O4/c1-13(2)11-18(24)22-7-9-23(10-8-22)20(26)15-5-6-17-16(12-15)21(4)19(25)14(3)27-17/h5-6,12-14H,7-11H2,1-4H3. The number of benzene rings is 1. The fourth-order valence-corrected chi connectivity index (χ4v) is 3.46. The number of hydrogen-bond donors (Lipinski definition) is 0. The summed E-state index contributed by atoms with van der Waals surface area (Å²) in [5.74, 6) is 0.859. The number of likely N-dealkylation sites (N-methyl/N-ethyl adjacent to an activating group) is 1. The van der Waals surface area contributed by atoms with Gasteiger partial charge < -0.3 is 19.4 Å². The smallest absolute Gasteiger partial charge is 0.267 e. The molecular formula is C20H27N3O4. The maximum Gasteiger partial charge on any atom is 0.267 e. The van der Waals surface area contributed by atoms with Crippen molar-refractivity contribution >= 4 is 23.4 Å². The number of rotatable bonds is 3. The Morgan fingerprint density at radius 1 is 1.15 bits per heavy atom. The van der Waals surface area contributed by atoms with Crippen molar-refractivity contribution in [1.82, 2.24) is 9.80 Å². The summed E-state index contributed by atoms with van der Waals surface area (Å²) in [5.41, 5.74) is 1.13. The number of nitrogens with zero attached hydrogens (tertiary/aromatic N) is 3. The minimum atomic E-state index is -0.527. The molecule has 0 aromatic heterocycles. The maximum absolute atomic E-state index is 12.9. The van der Waals surface area contributed by atoms with E-state index >= 15 is 0 Å². The van der Waals surface area contributed by atoms with Crippen molar-refractivity contribution in [2.24, 2.45) is 5.92 Å². The zero-order valence-corrected chi connectivity index (χ0v) is 16.4. The molecule has 146 valence electrons. The first kappa shape index (κ1) is 19.2. The zero-order valence-electron chi connectivity index (χ0n) is 16.4. The normalized spacial score (nSPS) is 19.8. The van der Waals surface area contributed by atoms with Crippen molar-refractivity contribution in [1.29, 1.82) is 0 Å². The Hall–Kier alpha value is -2.57. The summed E-state index contributed by atoms with van der Waals surface area (Å²) in [6.07, 6.45) is 0.0119. The summed E-state index contributed by atoms with van der Waals surface area (Å²) in [4.78, 5) is 42.3. The van der Waals surface area contributed by atoms with Crippen LogP contribution in [0, 0.1) is 5.92 Å². The average Bonchev–Trinajstić information content (AvgIpc) is 2.65. The highest BCUT2D eigenvalue weighted by Crippen LogP contribution is 2.34. The predicted octanol–water partition coefficient (Wildman–Crippen LogP) is 1.76. The summed E-state index contributed by atoms with van der Waals surface area (Å²) >= 11 is 0. The highest BCUT2D eigenvalue weighted by Gasteiger charge is 2.31. The first-order valence-corrected chi connectivity index (χ1v) is 9.43. The molecule has 1 aromatic carbocycles. The van der Waals surface area contributed by atoms with Gasteiger partial charge in [0.15, 0.2) is 6.10 Å². The predicted molar refractivity (Wildman–Crippen MR) is 102 cm³/mol. The first-order chi connectivity index (χ1) is 12.8. The molecule has 3 rings (SSSR count). The number of amides is 3. The number of piperazine rings is 1. The molecule has 1 unspecified atom stereocenters. The van der Waals surface area contributed by atoms with Gasteiger partial charge in [-0.3, -0.25) is 14.4 Å². The van der Waals surface area contributed by atoms with Crippen LogP contribution in [0.5, 0.6) is 5.75 Å². The molecule has 7 nitrogen and oxygen atoms in total. The van der Waals surface area contributed by atoms with Crippen LogP contribution in [0.4, 0.5) is 5.69 Å². The van der Waals surface area contributed by atoms with Gasteiger partial charge >= 0.3 is 0 Å². The van der Waals surface area contributed by atoms with Crippen LogP contribution in [0.2, 0.25) is 0 Å². The van der Waals surface area contributed by atoms with Gasteiger partial charge in [0.2, 0.25) is 5.91 Å². The lowest BCUT2D eigenvalue weighted by Gasteiger charge is -2.35. The van der Waals surface area contributed by atoms with Crippen LogP contribution < -0.4 is 9.64 Å². The van der Waals surface area contributed by atoms with Crippen molar-refractivity contribution in [3.8, 4) is 5.75 Å². The van der Waals surface area contributed by atoms with Gasteiger partial charge in [-0.1, -0.05) is 13.8 Å². The van der Waals surface area contributed by atoms with Crippen LogP contribution >= 0.6 is 0 Å². The largest absolute Gasteiger partial charge is 0.479 e. The Labute approximate surface area is 159 Å². The van der Waals surface area contributed by atoms with Crippen LogP contribution in [0.1, 0.15) is 37.6 Å². The van der Waals surface area contributed by atoms with Gasteiger partial charge in [0.1, 0.15) is 5.75 Å². The molecule has 1 saturated heterocycles. The lowest BCUT2D eigenvalue weighted by atomic mass is 10.1. The highest BCUT2D eigenvalue weighted by molar-refractivity contribution is 6.02. The Morgan fingerprint density at radius 3 is 2.41 bits per heavy atom. The van der Waals surface area contributed by atoms with Crippen molar-refractivity contribution < 1.29 is 19.1 Å². The van der Waals surface area contributed by atoms with Gasteiger partial charge in [-0.25, -0.2) is 0 Å². The minimum absolute atomic E-state index is 0.0896. The number of ether oxygens (including phenoxy) is 1. The van der Waals surface area contributed by atoms with E-state index in [-0.39, 0.29) is 17.7 Å². The zero-order chi connectivity index (χ0) is 19.7. The fraction of sp³-hybridized carbons (Fsp3) is 0.550. The van der Waals surface area contributed by atoms with E-state index < -0.39 is 6.10 Å². The third kappa shape index (κ3) is 3.91. The first-order valence-electron chi connectivity index (χ1n) is 9.43. The van der Waals surface area contributed by atoms with E-state index in [1.54, 1.807) is 37.1 Å². The molecule has 1 aromatic rings. The summed E-state index contributed by atoms with van der Waals surface area (Å²) in [6.45, 7) is 7.91. The summed E-state index contributed by atoms with van der Waals surface area (Å²) in [5, 5.41) is 0. The average molecular weight is 373 g/mol. The van der Waals surface area contributed by atoms with Gasteiger partial charge in [-0.05, 0) is 31.0 Å². The van der Waals surface area contributed by atoms with Crippen molar-refractivity contribution in [3.63, 3.8) is 0 Å². The molecule has 0 N–H and O–H groups in total. The van der Waals surface area contributed by atoms with Crippen LogP contribution in [-0.2, 0) is 9.59 Å². The molecule has 0 saturated carbocycles. The van der Waals surface area contributed by atoms with Crippen LogP contribution in [0.25, 0.3) is 0 Å². The molecule has 3 amide bonds. The molecule has 2 aliphatic rings. The molecule has 0 aliphatic carbocycles. The van der Waals surface area contributed by atoms with Gasteiger partial charge in [0, 0.05) is 45.2 Å². The maximum atomic E-state index is 12.9. The van der Waals surface area contributed by atoms with Gasteiger partial charge in [0.05, 0.1) is 5.69 Å². The molecule has 27 heavy (non-hydrogen) atoms. The minimum Gasteiger partial charge on any atom is -0.479 e. The molecule has 2 heterocycles. The van der Waals surface area contributed by atoms with E-state index in [0.29, 0.717) is 55.5 Å². The Kier molecular flexibility index (Phi) is 5.39. The number of anilines is 1. The lowest BCUT2D eigenvalue weighted by molar-refractivity contribution is -0.133. The Morgan fingerprint density at radius 2 is 1.78 bits per heavy atom. The molecule has 1 atom stereocenters. The Balaban J connectivity index is 1.68. The molecule has 7 heteroatoms. The van der Waals surface area contributed by atoms with E-state index in [0.717, 1.165) is 0 Å². The second-order valence-corrected chi connectivity index (χ2v) is 7.61. The van der Waals surface area contributed by atoms with Crippen LogP contribution in [-0.4, -0.2) is 66.9 Å². The monoisotopic (exact) mass is 373 g/mol. The van der Waals surface area contributed by atoms with Crippen molar-refractivity contribution in [2.45, 2.75) is 33.3 Å². The van der Waals surface area contributed by atoms with Crippen molar-refractivity contribution in [3.05, 3.63) is 23.8 Å².